The van der Waals surface area contributed by atoms with Crippen molar-refractivity contribution in [3.8, 4) is 0 Å². The molecular formula is C12H23NO4. The molecule has 0 saturated heterocycles. The molecule has 1 N–H and O–H groups in total. The number of nitrogens with one attached hydrogen (secondary N) is 1. The Balaban J connectivity index is 4.54. The molecule has 0 saturated carbocycles. The molecule has 5 nitrogen and oxygen atoms in total. The van der Waals surface area contributed by atoms with Crippen LogP contribution < -0.4 is 5.32 Å². The topological polar surface area (TPSA) is 64.6 Å². The van der Waals surface area contributed by atoms with Gasteiger partial charge >= 0.3 is 12.1 Å². The lowest BCUT2D eigenvalue weighted by atomic mass is 9.89. The van der Waals surface area contributed by atoms with Gasteiger partial charge < -0.3 is 14.8 Å². The summed E-state index contributed by atoms with van der Waals surface area (Å²) in [5, 5.41) is 2.67. The first-order valence-corrected chi connectivity index (χ1v) is 5.58. The van der Waals surface area contributed by atoms with E-state index in [-0.39, 0.29) is 5.97 Å². The van der Waals surface area contributed by atoms with Gasteiger partial charge in [0, 0.05) is 0 Å². The first-order valence-electron chi connectivity index (χ1n) is 5.58. The maximum atomic E-state index is 11.6. The number of ether oxygens (including phenoxy) is 2. The molecule has 0 rings (SSSR count). The molecule has 5 heteroatoms. The number of carbonyl (C=O) groups is 2. The van der Waals surface area contributed by atoms with Crippen molar-refractivity contribution in [3.05, 3.63) is 0 Å². The van der Waals surface area contributed by atoms with Gasteiger partial charge in [-0.3, -0.25) is 4.79 Å². The summed E-state index contributed by atoms with van der Waals surface area (Å²) in [6.45, 7) is 10.5. The largest absolute Gasteiger partial charge is 0.469 e. The minimum atomic E-state index is -0.727. The molecule has 1 unspecified atom stereocenters. The van der Waals surface area contributed by atoms with Crippen LogP contribution in [0.25, 0.3) is 0 Å². The van der Waals surface area contributed by atoms with Gasteiger partial charge in [0.1, 0.15) is 5.60 Å². The summed E-state index contributed by atoms with van der Waals surface area (Å²) in [4.78, 5) is 23.0. The zero-order valence-corrected chi connectivity index (χ0v) is 11.7. The number of rotatable bonds is 3. The van der Waals surface area contributed by atoms with Gasteiger partial charge in [0.05, 0.1) is 18.6 Å². The molecule has 0 fully saturated rings. The Kier molecular flexibility index (Phi) is 4.98. The van der Waals surface area contributed by atoms with Crippen LogP contribution in [0.4, 0.5) is 4.79 Å². The number of methoxy groups -OCH3 is 1. The van der Waals surface area contributed by atoms with Crippen LogP contribution in [0.3, 0.4) is 0 Å². The van der Waals surface area contributed by atoms with Crippen LogP contribution in [0, 0.1) is 5.92 Å². The van der Waals surface area contributed by atoms with Gasteiger partial charge in [0.2, 0.25) is 0 Å². The van der Waals surface area contributed by atoms with Crippen molar-refractivity contribution in [3.63, 3.8) is 0 Å². The van der Waals surface area contributed by atoms with E-state index in [0.717, 1.165) is 0 Å². The van der Waals surface area contributed by atoms with Gasteiger partial charge in [-0.05, 0) is 41.5 Å². The van der Waals surface area contributed by atoms with Crippen molar-refractivity contribution in [1.29, 1.82) is 0 Å². The van der Waals surface area contributed by atoms with E-state index in [2.05, 4.69) is 10.1 Å². The molecule has 0 aromatic carbocycles. The lowest BCUT2D eigenvalue weighted by molar-refractivity contribution is -0.147. The number of esters is 1. The number of carbonyl (C=O) groups excluding carboxylic acids is 2. The minimum absolute atomic E-state index is 0.369. The summed E-state index contributed by atoms with van der Waals surface area (Å²) in [6, 6.07) is 0. The van der Waals surface area contributed by atoms with Crippen molar-refractivity contribution in [2.45, 2.75) is 52.7 Å². The summed E-state index contributed by atoms with van der Waals surface area (Å²) >= 11 is 0. The molecule has 0 heterocycles. The van der Waals surface area contributed by atoms with Crippen molar-refractivity contribution in [1.82, 2.24) is 5.32 Å². The van der Waals surface area contributed by atoms with E-state index >= 15 is 0 Å². The normalized spacial score (nSPS) is 13.8. The monoisotopic (exact) mass is 245 g/mol. The second-order valence-corrected chi connectivity index (χ2v) is 5.59. The van der Waals surface area contributed by atoms with Crippen molar-refractivity contribution >= 4 is 12.1 Å². The lowest BCUT2D eigenvalue weighted by Crippen LogP contribution is -2.52. The molecule has 0 aliphatic rings. The van der Waals surface area contributed by atoms with Gasteiger partial charge in [0.25, 0.3) is 0 Å². The third kappa shape index (κ3) is 5.56. The Hall–Kier alpha value is -1.26. The zero-order valence-electron chi connectivity index (χ0n) is 11.7. The van der Waals surface area contributed by atoms with Gasteiger partial charge in [-0.2, -0.15) is 0 Å². The molecule has 0 aromatic heterocycles. The lowest BCUT2D eigenvalue weighted by Gasteiger charge is -2.32. The van der Waals surface area contributed by atoms with E-state index in [1.54, 1.807) is 41.5 Å². The molecule has 100 valence electrons. The first-order chi connectivity index (χ1) is 7.49. The maximum Gasteiger partial charge on any atom is 0.408 e. The second kappa shape index (κ2) is 5.38. The molecular weight excluding hydrogens is 222 g/mol. The van der Waals surface area contributed by atoms with E-state index in [4.69, 9.17) is 4.74 Å². The highest BCUT2D eigenvalue weighted by atomic mass is 16.6. The molecule has 0 aromatic rings. The Morgan fingerprint density at radius 1 is 1.12 bits per heavy atom. The highest BCUT2D eigenvalue weighted by Crippen LogP contribution is 2.18. The third-order valence-corrected chi connectivity index (χ3v) is 2.46. The number of alkyl carbamates (subject to hydrolysis) is 1. The molecule has 0 bridgehead atoms. The van der Waals surface area contributed by atoms with Crippen LogP contribution in [0.2, 0.25) is 0 Å². The first kappa shape index (κ1) is 15.7. The zero-order chi connectivity index (χ0) is 13.9. The van der Waals surface area contributed by atoms with Crippen LogP contribution in [-0.2, 0) is 14.3 Å². The summed E-state index contributed by atoms with van der Waals surface area (Å²) in [5.74, 6) is -0.828. The van der Waals surface area contributed by atoms with E-state index in [1.165, 1.54) is 7.11 Å². The van der Waals surface area contributed by atoms with E-state index in [1.807, 2.05) is 0 Å². The van der Waals surface area contributed by atoms with E-state index < -0.39 is 23.2 Å². The fourth-order valence-electron chi connectivity index (χ4n) is 1.15. The van der Waals surface area contributed by atoms with Crippen LogP contribution in [0.5, 0.6) is 0 Å². The number of hydrogen-bond donors (Lipinski definition) is 1. The quantitative estimate of drug-likeness (QED) is 0.773. The number of hydrogen-bond acceptors (Lipinski definition) is 4. The summed E-state index contributed by atoms with van der Waals surface area (Å²) in [5.41, 5.74) is -1.29. The summed E-state index contributed by atoms with van der Waals surface area (Å²) < 4.78 is 9.78. The Morgan fingerprint density at radius 2 is 1.59 bits per heavy atom. The number of amides is 1. The van der Waals surface area contributed by atoms with Crippen molar-refractivity contribution in [2.24, 2.45) is 5.92 Å². The second-order valence-electron chi connectivity index (χ2n) is 5.59. The van der Waals surface area contributed by atoms with Crippen LogP contribution >= 0.6 is 0 Å². The van der Waals surface area contributed by atoms with Crippen LogP contribution in [-0.4, -0.2) is 30.3 Å². The van der Waals surface area contributed by atoms with Gasteiger partial charge in [0.15, 0.2) is 0 Å². The summed E-state index contributed by atoms with van der Waals surface area (Å²) in [6.07, 6.45) is -0.543. The van der Waals surface area contributed by atoms with E-state index in [9.17, 15) is 9.59 Å². The third-order valence-electron chi connectivity index (χ3n) is 2.46. The molecule has 1 amide bonds. The SMILES string of the molecule is COC(=O)C(C)C(C)(C)NC(=O)OC(C)(C)C. The van der Waals surface area contributed by atoms with Crippen LogP contribution in [0.1, 0.15) is 41.5 Å². The van der Waals surface area contributed by atoms with Crippen LogP contribution in [0.15, 0.2) is 0 Å². The summed E-state index contributed by atoms with van der Waals surface area (Å²) in [7, 11) is 1.32. The highest BCUT2D eigenvalue weighted by molar-refractivity contribution is 5.75. The molecule has 0 aliphatic heterocycles. The Labute approximate surface area is 103 Å². The minimum Gasteiger partial charge on any atom is -0.469 e. The van der Waals surface area contributed by atoms with Gasteiger partial charge in [-0.1, -0.05) is 0 Å². The fourth-order valence-corrected chi connectivity index (χ4v) is 1.15. The molecule has 1 atom stereocenters. The molecule has 0 radical (unpaired) electrons. The average Bonchev–Trinajstić information content (AvgIpc) is 2.11. The maximum absolute atomic E-state index is 11.6. The molecule has 0 spiro atoms. The van der Waals surface area contributed by atoms with Crippen molar-refractivity contribution < 1.29 is 19.1 Å². The average molecular weight is 245 g/mol. The predicted octanol–water partition coefficient (Wildman–Crippen LogP) is 2.10. The smallest absolute Gasteiger partial charge is 0.408 e. The van der Waals surface area contributed by atoms with Gasteiger partial charge in [-0.25, -0.2) is 4.79 Å². The Morgan fingerprint density at radius 3 is 1.94 bits per heavy atom. The highest BCUT2D eigenvalue weighted by Gasteiger charge is 2.34. The standard InChI is InChI=1S/C12H23NO4/c1-8(9(14)16-7)12(5,6)13-10(15)17-11(2,3)4/h8H,1-7H3,(H,13,15). The predicted molar refractivity (Wildman–Crippen MR) is 64.6 cm³/mol. The molecule has 17 heavy (non-hydrogen) atoms. The van der Waals surface area contributed by atoms with Gasteiger partial charge in [-0.15, -0.1) is 0 Å². The Bertz CT molecular complexity index is 291. The van der Waals surface area contributed by atoms with Crippen molar-refractivity contribution in [2.75, 3.05) is 7.11 Å². The van der Waals surface area contributed by atoms with E-state index in [0.29, 0.717) is 0 Å². The molecule has 0 aliphatic carbocycles. The fraction of sp³-hybridized carbons (Fsp3) is 0.833.